The molecule has 1 atom stereocenters. The van der Waals surface area contributed by atoms with Crippen LogP contribution in [0.15, 0.2) is 0 Å². The summed E-state index contributed by atoms with van der Waals surface area (Å²) in [6, 6.07) is -1.25. The summed E-state index contributed by atoms with van der Waals surface area (Å²) < 4.78 is 4.62. The third-order valence-electron chi connectivity index (χ3n) is 1.40. The molecule has 0 aromatic carbocycles. The maximum atomic E-state index is 10.8. The van der Waals surface area contributed by atoms with Crippen molar-refractivity contribution in [1.29, 1.82) is 0 Å². The topological polar surface area (TPSA) is 69.4 Å². The average Bonchev–Trinajstić information content (AvgIpc) is 2.03. The summed E-state index contributed by atoms with van der Waals surface area (Å²) in [5.74, 6) is -0.756. The van der Waals surface area contributed by atoms with Crippen molar-refractivity contribution < 1.29 is 14.5 Å². The SMILES string of the molecule is CCCCOC(=O)C(C)[N+](=O)[O-]. The van der Waals surface area contributed by atoms with Crippen LogP contribution in [-0.4, -0.2) is 23.5 Å². The molecule has 0 saturated heterocycles. The summed E-state index contributed by atoms with van der Waals surface area (Å²) in [6.45, 7) is 3.44. The number of hydrogen-bond donors (Lipinski definition) is 0. The van der Waals surface area contributed by atoms with E-state index in [1.807, 2.05) is 6.92 Å². The largest absolute Gasteiger partial charge is 0.461 e. The second-order valence-corrected chi connectivity index (χ2v) is 2.48. The first-order valence-electron chi connectivity index (χ1n) is 3.89. The van der Waals surface area contributed by atoms with E-state index in [0.29, 0.717) is 0 Å². The van der Waals surface area contributed by atoms with Crippen LogP contribution in [0, 0.1) is 10.1 Å². The number of nitro groups is 1. The third kappa shape index (κ3) is 3.90. The van der Waals surface area contributed by atoms with E-state index in [0.717, 1.165) is 12.8 Å². The number of carbonyl (C=O) groups excluding carboxylic acids is 1. The van der Waals surface area contributed by atoms with Gasteiger partial charge in [-0.15, -0.1) is 0 Å². The summed E-state index contributed by atoms with van der Waals surface area (Å²) in [6.07, 6.45) is 1.65. The molecule has 0 aliphatic carbocycles. The number of unbranched alkanes of at least 4 members (excludes halogenated alkanes) is 1. The van der Waals surface area contributed by atoms with Crippen molar-refractivity contribution in [1.82, 2.24) is 0 Å². The zero-order chi connectivity index (χ0) is 9.56. The van der Waals surface area contributed by atoms with Gasteiger partial charge in [-0.05, 0) is 6.42 Å². The lowest BCUT2D eigenvalue weighted by atomic mass is 10.3. The lowest BCUT2D eigenvalue weighted by Gasteiger charge is -2.04. The molecule has 0 saturated carbocycles. The van der Waals surface area contributed by atoms with Gasteiger partial charge in [-0.1, -0.05) is 13.3 Å². The van der Waals surface area contributed by atoms with E-state index in [1.165, 1.54) is 6.92 Å². The Hall–Kier alpha value is -1.13. The highest BCUT2D eigenvalue weighted by Gasteiger charge is 2.24. The molecule has 0 aromatic rings. The van der Waals surface area contributed by atoms with Crippen LogP contribution < -0.4 is 0 Å². The smallest absolute Gasteiger partial charge is 0.381 e. The van der Waals surface area contributed by atoms with E-state index in [2.05, 4.69) is 4.74 Å². The molecule has 70 valence electrons. The predicted octanol–water partition coefficient (Wildman–Crippen LogP) is 0.995. The molecule has 1 unspecified atom stereocenters. The first kappa shape index (κ1) is 10.9. The first-order valence-corrected chi connectivity index (χ1v) is 3.89. The molecule has 0 aliphatic rings. The van der Waals surface area contributed by atoms with E-state index < -0.39 is 16.9 Å². The Morgan fingerprint density at radius 3 is 2.67 bits per heavy atom. The van der Waals surface area contributed by atoms with Gasteiger partial charge in [0.1, 0.15) is 0 Å². The van der Waals surface area contributed by atoms with Crippen molar-refractivity contribution in [2.75, 3.05) is 6.61 Å². The van der Waals surface area contributed by atoms with Gasteiger partial charge in [0.05, 0.1) is 6.61 Å². The fraction of sp³-hybridized carbons (Fsp3) is 0.857. The van der Waals surface area contributed by atoms with Gasteiger partial charge in [-0.25, -0.2) is 4.79 Å². The summed E-state index contributed by atoms with van der Waals surface area (Å²) in [7, 11) is 0. The molecule has 0 spiro atoms. The average molecular weight is 175 g/mol. The van der Waals surface area contributed by atoms with E-state index in [4.69, 9.17) is 0 Å². The van der Waals surface area contributed by atoms with Crippen molar-refractivity contribution in [2.45, 2.75) is 32.7 Å². The zero-order valence-corrected chi connectivity index (χ0v) is 7.28. The van der Waals surface area contributed by atoms with E-state index >= 15 is 0 Å². The van der Waals surface area contributed by atoms with Crippen molar-refractivity contribution in [2.24, 2.45) is 0 Å². The quantitative estimate of drug-likeness (QED) is 0.270. The van der Waals surface area contributed by atoms with Gasteiger partial charge in [-0.2, -0.15) is 0 Å². The van der Waals surface area contributed by atoms with Crippen LogP contribution in [0.3, 0.4) is 0 Å². The number of nitrogens with zero attached hydrogens (tertiary/aromatic N) is 1. The predicted molar refractivity (Wildman–Crippen MR) is 42.3 cm³/mol. The molecule has 0 fully saturated rings. The number of ether oxygens (including phenoxy) is 1. The second-order valence-electron chi connectivity index (χ2n) is 2.48. The van der Waals surface area contributed by atoms with Gasteiger partial charge < -0.3 is 4.74 Å². The Kier molecular flexibility index (Phi) is 4.99. The van der Waals surface area contributed by atoms with E-state index in [1.54, 1.807) is 0 Å². The molecule has 12 heavy (non-hydrogen) atoms. The summed E-state index contributed by atoms with van der Waals surface area (Å²) in [5.41, 5.74) is 0. The van der Waals surface area contributed by atoms with Gasteiger partial charge in [0, 0.05) is 11.8 Å². The lowest BCUT2D eigenvalue weighted by molar-refractivity contribution is -0.506. The third-order valence-corrected chi connectivity index (χ3v) is 1.40. The number of rotatable bonds is 5. The molecular formula is C7H13NO4. The highest BCUT2D eigenvalue weighted by Crippen LogP contribution is 1.95. The zero-order valence-electron chi connectivity index (χ0n) is 7.28. The molecule has 0 amide bonds. The Labute approximate surface area is 70.9 Å². The molecule has 0 aliphatic heterocycles. The Morgan fingerprint density at radius 1 is 1.67 bits per heavy atom. The number of esters is 1. The monoisotopic (exact) mass is 175 g/mol. The minimum absolute atomic E-state index is 0.271. The van der Waals surface area contributed by atoms with Gasteiger partial charge in [-0.3, -0.25) is 10.1 Å². The van der Waals surface area contributed by atoms with Crippen LogP contribution in [0.1, 0.15) is 26.7 Å². The minimum Gasteiger partial charge on any atom is -0.461 e. The van der Waals surface area contributed by atoms with Crippen LogP contribution in [0.5, 0.6) is 0 Å². The van der Waals surface area contributed by atoms with Crippen LogP contribution >= 0.6 is 0 Å². The first-order chi connectivity index (χ1) is 5.59. The van der Waals surface area contributed by atoms with Crippen LogP contribution in [-0.2, 0) is 9.53 Å². The number of hydrogen-bond acceptors (Lipinski definition) is 4. The van der Waals surface area contributed by atoms with Gasteiger partial charge >= 0.3 is 12.0 Å². The van der Waals surface area contributed by atoms with Crippen molar-refractivity contribution in [3.05, 3.63) is 10.1 Å². The molecule has 5 nitrogen and oxygen atoms in total. The maximum absolute atomic E-state index is 10.8. The van der Waals surface area contributed by atoms with Gasteiger partial charge in [0.25, 0.3) is 0 Å². The molecule has 5 heteroatoms. The normalized spacial score (nSPS) is 12.2. The van der Waals surface area contributed by atoms with Gasteiger partial charge in [0.2, 0.25) is 0 Å². The van der Waals surface area contributed by atoms with Crippen molar-refractivity contribution >= 4 is 5.97 Å². The number of carbonyl (C=O) groups is 1. The van der Waals surface area contributed by atoms with Crippen LogP contribution in [0.2, 0.25) is 0 Å². The van der Waals surface area contributed by atoms with Crippen LogP contribution in [0.4, 0.5) is 0 Å². The minimum atomic E-state index is -1.25. The highest BCUT2D eigenvalue weighted by atomic mass is 16.6. The fourth-order valence-corrected chi connectivity index (χ4v) is 0.524. The van der Waals surface area contributed by atoms with Crippen molar-refractivity contribution in [3.63, 3.8) is 0 Å². The Bertz CT molecular complexity index is 169. The maximum Gasteiger partial charge on any atom is 0.381 e. The van der Waals surface area contributed by atoms with Gasteiger partial charge in [0.15, 0.2) is 0 Å². The molecule has 0 bridgehead atoms. The lowest BCUT2D eigenvalue weighted by Crippen LogP contribution is -2.28. The molecule has 0 N–H and O–H groups in total. The van der Waals surface area contributed by atoms with Crippen LogP contribution in [0.25, 0.3) is 0 Å². The summed E-state index contributed by atoms with van der Waals surface area (Å²) >= 11 is 0. The molecule has 0 heterocycles. The van der Waals surface area contributed by atoms with Crippen molar-refractivity contribution in [3.8, 4) is 0 Å². The highest BCUT2D eigenvalue weighted by molar-refractivity contribution is 5.73. The van der Waals surface area contributed by atoms with E-state index in [-0.39, 0.29) is 6.61 Å². The standard InChI is InChI=1S/C7H13NO4/c1-3-4-5-12-7(9)6(2)8(10)11/h6H,3-5H2,1-2H3. The molecule has 0 rings (SSSR count). The summed E-state index contributed by atoms with van der Waals surface area (Å²) in [4.78, 5) is 20.2. The molecule has 0 radical (unpaired) electrons. The van der Waals surface area contributed by atoms with E-state index in [9.17, 15) is 14.9 Å². The second kappa shape index (κ2) is 5.51. The Morgan fingerprint density at radius 2 is 2.25 bits per heavy atom. The summed E-state index contributed by atoms with van der Waals surface area (Å²) in [5, 5.41) is 10.1. The fourth-order valence-electron chi connectivity index (χ4n) is 0.524. The molecule has 0 aromatic heterocycles. The Balaban J connectivity index is 3.65. The molecular weight excluding hydrogens is 162 g/mol.